The predicted octanol–water partition coefficient (Wildman–Crippen LogP) is 4.30. The monoisotopic (exact) mass is 361 g/mol. The lowest BCUT2D eigenvalue weighted by Gasteiger charge is -2.09. The van der Waals surface area contributed by atoms with Gasteiger partial charge in [-0.15, -0.1) is 0 Å². The Balaban J connectivity index is 2.03. The number of nitrogens with one attached hydrogen (secondary N) is 1. The lowest BCUT2D eigenvalue weighted by molar-refractivity contribution is 0.102. The Bertz CT molecular complexity index is 838. The highest BCUT2D eigenvalue weighted by molar-refractivity contribution is 9.10. The molecule has 0 atom stereocenters. The zero-order valence-electron chi connectivity index (χ0n) is 10.7. The van der Waals surface area contributed by atoms with Gasteiger partial charge < -0.3 is 5.32 Å². The molecule has 2 heterocycles. The third-order valence-corrected chi connectivity index (χ3v) is 3.92. The largest absolute Gasteiger partial charge is 0.306 e. The van der Waals surface area contributed by atoms with Crippen molar-refractivity contribution in [1.82, 2.24) is 9.97 Å². The van der Waals surface area contributed by atoms with Crippen molar-refractivity contribution in [2.24, 2.45) is 0 Å². The molecular formula is C15H9BrClN3O. The number of amides is 1. The van der Waals surface area contributed by atoms with Gasteiger partial charge in [0.25, 0.3) is 5.91 Å². The zero-order valence-corrected chi connectivity index (χ0v) is 13.0. The van der Waals surface area contributed by atoms with Gasteiger partial charge >= 0.3 is 0 Å². The highest BCUT2D eigenvalue weighted by Gasteiger charge is 2.14. The molecule has 0 fully saturated rings. The number of anilines is 1. The Morgan fingerprint density at radius 1 is 1.10 bits per heavy atom. The summed E-state index contributed by atoms with van der Waals surface area (Å²) >= 11 is 9.40. The molecule has 0 saturated carbocycles. The second kappa shape index (κ2) is 5.79. The van der Waals surface area contributed by atoms with Crippen molar-refractivity contribution in [2.45, 2.75) is 0 Å². The van der Waals surface area contributed by atoms with Crippen molar-refractivity contribution >= 4 is 50.0 Å². The summed E-state index contributed by atoms with van der Waals surface area (Å²) in [7, 11) is 0. The molecule has 1 N–H and O–H groups in total. The number of carbonyl (C=O) groups is 1. The van der Waals surface area contributed by atoms with E-state index in [2.05, 4.69) is 31.2 Å². The van der Waals surface area contributed by atoms with Gasteiger partial charge in [0.1, 0.15) is 11.0 Å². The minimum absolute atomic E-state index is 0.283. The summed E-state index contributed by atoms with van der Waals surface area (Å²) in [4.78, 5) is 20.6. The molecule has 1 aromatic carbocycles. The number of rotatable bonds is 2. The molecule has 3 aromatic rings. The van der Waals surface area contributed by atoms with E-state index in [1.807, 2.05) is 24.3 Å². The maximum absolute atomic E-state index is 12.4. The van der Waals surface area contributed by atoms with E-state index in [9.17, 15) is 4.79 Å². The molecule has 0 aliphatic carbocycles. The van der Waals surface area contributed by atoms with Crippen LogP contribution >= 0.6 is 27.5 Å². The van der Waals surface area contributed by atoms with Crippen LogP contribution in [0.4, 0.5) is 5.82 Å². The zero-order chi connectivity index (χ0) is 14.8. The average Bonchev–Trinajstić information content (AvgIpc) is 2.50. The third-order valence-electron chi connectivity index (χ3n) is 2.98. The molecule has 4 nitrogen and oxygen atoms in total. The van der Waals surface area contributed by atoms with E-state index < -0.39 is 0 Å². The quantitative estimate of drug-likeness (QED) is 0.692. The number of carbonyl (C=O) groups excluding carboxylic acids is 1. The molecule has 21 heavy (non-hydrogen) atoms. The van der Waals surface area contributed by atoms with Crippen molar-refractivity contribution < 1.29 is 4.79 Å². The molecule has 6 heteroatoms. The van der Waals surface area contributed by atoms with Gasteiger partial charge in [-0.05, 0) is 33.4 Å². The van der Waals surface area contributed by atoms with E-state index in [4.69, 9.17) is 11.6 Å². The molecular weight excluding hydrogens is 354 g/mol. The van der Waals surface area contributed by atoms with Crippen molar-refractivity contribution in [2.75, 3.05) is 5.32 Å². The first kappa shape index (κ1) is 14.0. The lowest BCUT2D eigenvalue weighted by Crippen LogP contribution is -2.14. The number of halogens is 2. The van der Waals surface area contributed by atoms with Crippen molar-refractivity contribution in [3.8, 4) is 0 Å². The standard InChI is InChI=1S/C15H9BrClN3O/c16-12-6-3-7-18-14(12)20-15(21)11-8-19-13(17)10-5-2-1-4-9(10)11/h1-8H,(H,18,20,21). The molecule has 0 radical (unpaired) electrons. The van der Waals surface area contributed by atoms with Crippen LogP contribution in [0.3, 0.4) is 0 Å². The molecule has 104 valence electrons. The van der Waals surface area contributed by atoms with Crippen LogP contribution in [0.2, 0.25) is 5.15 Å². The highest BCUT2D eigenvalue weighted by atomic mass is 79.9. The summed E-state index contributed by atoms with van der Waals surface area (Å²) in [5.74, 6) is 0.177. The van der Waals surface area contributed by atoms with Crippen LogP contribution in [0.25, 0.3) is 10.8 Å². The highest BCUT2D eigenvalue weighted by Crippen LogP contribution is 2.25. The average molecular weight is 363 g/mol. The first-order valence-electron chi connectivity index (χ1n) is 6.12. The Hall–Kier alpha value is -1.98. The minimum atomic E-state index is -0.283. The smallest absolute Gasteiger partial charge is 0.259 e. The Kier molecular flexibility index (Phi) is 3.86. The molecule has 0 aliphatic heterocycles. The van der Waals surface area contributed by atoms with Crippen molar-refractivity contribution in [1.29, 1.82) is 0 Å². The van der Waals surface area contributed by atoms with Gasteiger partial charge in [0.2, 0.25) is 0 Å². The van der Waals surface area contributed by atoms with E-state index in [0.29, 0.717) is 21.0 Å². The van der Waals surface area contributed by atoms with Crippen molar-refractivity contribution in [3.63, 3.8) is 0 Å². The Labute approximate surface area is 134 Å². The van der Waals surface area contributed by atoms with Gasteiger partial charge in [-0.1, -0.05) is 35.9 Å². The van der Waals surface area contributed by atoms with Crippen LogP contribution < -0.4 is 5.32 Å². The Morgan fingerprint density at radius 3 is 2.62 bits per heavy atom. The second-order valence-electron chi connectivity index (χ2n) is 4.30. The number of hydrogen-bond acceptors (Lipinski definition) is 3. The summed E-state index contributed by atoms with van der Waals surface area (Å²) < 4.78 is 0.713. The van der Waals surface area contributed by atoms with Gasteiger partial charge in [0.05, 0.1) is 10.0 Å². The van der Waals surface area contributed by atoms with Crippen LogP contribution in [0.5, 0.6) is 0 Å². The predicted molar refractivity (Wildman–Crippen MR) is 86.6 cm³/mol. The maximum Gasteiger partial charge on any atom is 0.259 e. The van der Waals surface area contributed by atoms with E-state index in [1.165, 1.54) is 6.20 Å². The number of nitrogens with zero attached hydrogens (tertiary/aromatic N) is 2. The molecule has 0 unspecified atom stereocenters. The molecule has 0 spiro atoms. The first-order chi connectivity index (χ1) is 10.2. The normalized spacial score (nSPS) is 10.6. The molecule has 3 rings (SSSR count). The van der Waals surface area contributed by atoms with Crippen LogP contribution in [-0.4, -0.2) is 15.9 Å². The third kappa shape index (κ3) is 2.75. The summed E-state index contributed by atoms with van der Waals surface area (Å²) in [5, 5.41) is 4.63. The van der Waals surface area contributed by atoms with Crippen LogP contribution in [0.15, 0.2) is 53.3 Å². The summed E-state index contributed by atoms with van der Waals surface area (Å²) in [5.41, 5.74) is 0.451. The second-order valence-corrected chi connectivity index (χ2v) is 5.51. The Morgan fingerprint density at radius 2 is 1.86 bits per heavy atom. The molecule has 2 aromatic heterocycles. The van der Waals surface area contributed by atoms with E-state index in [-0.39, 0.29) is 5.91 Å². The van der Waals surface area contributed by atoms with E-state index in [0.717, 1.165) is 10.8 Å². The van der Waals surface area contributed by atoms with Crippen molar-refractivity contribution in [3.05, 3.63) is 64.0 Å². The molecule has 0 aliphatic rings. The molecule has 1 amide bonds. The topological polar surface area (TPSA) is 54.9 Å². The lowest BCUT2D eigenvalue weighted by atomic mass is 10.1. The van der Waals surface area contributed by atoms with E-state index >= 15 is 0 Å². The van der Waals surface area contributed by atoms with E-state index in [1.54, 1.807) is 18.3 Å². The minimum Gasteiger partial charge on any atom is -0.306 e. The SMILES string of the molecule is O=C(Nc1ncccc1Br)c1cnc(Cl)c2ccccc12. The molecule has 0 saturated heterocycles. The first-order valence-corrected chi connectivity index (χ1v) is 7.29. The van der Waals surface area contributed by atoms with Crippen LogP contribution in [-0.2, 0) is 0 Å². The number of aromatic nitrogens is 2. The molecule has 0 bridgehead atoms. The summed E-state index contributed by atoms with van der Waals surface area (Å²) in [6.07, 6.45) is 3.08. The summed E-state index contributed by atoms with van der Waals surface area (Å²) in [6.45, 7) is 0. The van der Waals surface area contributed by atoms with Gasteiger partial charge in [-0.25, -0.2) is 9.97 Å². The van der Waals surface area contributed by atoms with Crippen LogP contribution in [0, 0.1) is 0 Å². The van der Waals surface area contributed by atoms with Gasteiger partial charge in [0, 0.05) is 17.8 Å². The fraction of sp³-hybridized carbons (Fsp3) is 0. The van der Waals surface area contributed by atoms with Gasteiger partial charge in [0.15, 0.2) is 0 Å². The number of hydrogen-bond donors (Lipinski definition) is 1. The fourth-order valence-electron chi connectivity index (χ4n) is 1.99. The maximum atomic E-state index is 12.4. The van der Waals surface area contributed by atoms with Gasteiger partial charge in [-0.2, -0.15) is 0 Å². The number of benzene rings is 1. The summed E-state index contributed by atoms with van der Waals surface area (Å²) in [6, 6.07) is 11.0. The number of fused-ring (bicyclic) bond motifs is 1. The number of pyridine rings is 2. The fourth-order valence-corrected chi connectivity index (χ4v) is 2.56. The van der Waals surface area contributed by atoms with Crippen LogP contribution in [0.1, 0.15) is 10.4 Å². The van der Waals surface area contributed by atoms with Gasteiger partial charge in [-0.3, -0.25) is 4.79 Å².